The Labute approximate surface area is 117 Å². The lowest BCUT2D eigenvalue weighted by molar-refractivity contribution is -0.327. The van der Waals surface area contributed by atoms with Crippen LogP contribution in [0.2, 0.25) is 0 Å². The lowest BCUT2D eigenvalue weighted by Gasteiger charge is -2.49. The van der Waals surface area contributed by atoms with Crippen LogP contribution in [-0.2, 0) is 9.47 Å². The quantitative estimate of drug-likeness (QED) is 0.855. The molecule has 2 aliphatic rings. The Morgan fingerprint density at radius 3 is 2.37 bits per heavy atom. The molecule has 0 saturated carbocycles. The Balaban J connectivity index is 2.07. The molecular weight excluding hydrogens is 240 g/mol. The Morgan fingerprint density at radius 2 is 1.79 bits per heavy atom. The van der Waals surface area contributed by atoms with E-state index >= 15 is 0 Å². The molecule has 1 spiro atoms. The van der Waals surface area contributed by atoms with Gasteiger partial charge in [0.25, 0.3) is 0 Å². The molecular formula is C16H29O3. The van der Waals surface area contributed by atoms with Gasteiger partial charge in [0.05, 0.1) is 18.8 Å². The van der Waals surface area contributed by atoms with Crippen LogP contribution in [0, 0.1) is 24.2 Å². The van der Waals surface area contributed by atoms with Crippen LogP contribution >= 0.6 is 0 Å². The fourth-order valence-electron chi connectivity index (χ4n) is 3.71. The van der Waals surface area contributed by atoms with Gasteiger partial charge in [0, 0.05) is 12.8 Å². The van der Waals surface area contributed by atoms with Gasteiger partial charge in [-0.2, -0.15) is 0 Å². The molecule has 2 heterocycles. The molecule has 0 amide bonds. The zero-order valence-corrected chi connectivity index (χ0v) is 12.8. The SMILES string of the molecule is CC(C)[CH]C1CC(C)CC2(CC(C)CC(CO)O2)O1. The molecule has 19 heavy (non-hydrogen) atoms. The van der Waals surface area contributed by atoms with Crippen LogP contribution in [-0.4, -0.2) is 29.7 Å². The smallest absolute Gasteiger partial charge is 0.169 e. The van der Waals surface area contributed by atoms with Crippen molar-refractivity contribution in [3.8, 4) is 0 Å². The van der Waals surface area contributed by atoms with Crippen molar-refractivity contribution in [2.45, 2.75) is 71.4 Å². The van der Waals surface area contributed by atoms with E-state index in [1.807, 2.05) is 0 Å². The Morgan fingerprint density at radius 1 is 1.16 bits per heavy atom. The molecule has 2 saturated heterocycles. The van der Waals surface area contributed by atoms with Crippen LogP contribution < -0.4 is 0 Å². The fraction of sp³-hybridized carbons (Fsp3) is 0.938. The third-order valence-electron chi connectivity index (χ3n) is 4.17. The van der Waals surface area contributed by atoms with E-state index in [9.17, 15) is 5.11 Å². The average Bonchev–Trinajstić information content (AvgIpc) is 2.25. The second kappa shape index (κ2) is 6.11. The van der Waals surface area contributed by atoms with Crippen molar-refractivity contribution in [1.29, 1.82) is 0 Å². The zero-order valence-electron chi connectivity index (χ0n) is 12.8. The van der Waals surface area contributed by atoms with E-state index in [4.69, 9.17) is 9.47 Å². The molecule has 0 aromatic heterocycles. The standard InChI is InChI=1S/C16H29O3/c1-11(2)5-14-6-12(3)8-16(18-14)9-13(4)7-15(10-17)19-16/h5,11-15,17H,6-10H2,1-4H3. The summed E-state index contributed by atoms with van der Waals surface area (Å²) in [5.74, 6) is 1.23. The van der Waals surface area contributed by atoms with E-state index in [1.165, 1.54) is 0 Å². The van der Waals surface area contributed by atoms with Crippen molar-refractivity contribution in [2.24, 2.45) is 17.8 Å². The predicted octanol–water partition coefficient (Wildman–Crippen LogP) is 3.17. The Hall–Kier alpha value is -0.120. The van der Waals surface area contributed by atoms with Gasteiger partial charge >= 0.3 is 0 Å². The highest BCUT2D eigenvalue weighted by Crippen LogP contribution is 2.44. The third-order valence-corrected chi connectivity index (χ3v) is 4.17. The molecule has 3 nitrogen and oxygen atoms in total. The summed E-state index contributed by atoms with van der Waals surface area (Å²) in [5, 5.41) is 9.41. The first kappa shape index (κ1) is 15.3. The minimum Gasteiger partial charge on any atom is -0.394 e. The largest absolute Gasteiger partial charge is 0.394 e. The summed E-state index contributed by atoms with van der Waals surface area (Å²) in [6, 6.07) is 0. The lowest BCUT2D eigenvalue weighted by atomic mass is 9.81. The first-order chi connectivity index (χ1) is 8.92. The Kier molecular flexibility index (Phi) is 4.91. The van der Waals surface area contributed by atoms with Crippen molar-refractivity contribution in [1.82, 2.24) is 0 Å². The van der Waals surface area contributed by atoms with Gasteiger partial charge in [-0.3, -0.25) is 0 Å². The summed E-state index contributed by atoms with van der Waals surface area (Å²) < 4.78 is 12.4. The Bertz CT molecular complexity index is 286. The van der Waals surface area contributed by atoms with E-state index in [0.29, 0.717) is 17.8 Å². The lowest BCUT2D eigenvalue weighted by Crippen LogP contribution is -2.52. The minimum atomic E-state index is -0.460. The molecule has 111 valence electrons. The first-order valence-electron chi connectivity index (χ1n) is 7.74. The minimum absolute atomic E-state index is 0.0613. The monoisotopic (exact) mass is 269 g/mol. The molecule has 2 rings (SSSR count). The van der Waals surface area contributed by atoms with Crippen molar-refractivity contribution in [3.05, 3.63) is 6.42 Å². The van der Waals surface area contributed by atoms with E-state index in [1.54, 1.807) is 0 Å². The molecule has 1 radical (unpaired) electrons. The van der Waals surface area contributed by atoms with Crippen LogP contribution in [0.3, 0.4) is 0 Å². The zero-order chi connectivity index (χ0) is 14.0. The molecule has 0 aromatic carbocycles. The van der Waals surface area contributed by atoms with Gasteiger partial charge in [-0.1, -0.05) is 27.7 Å². The summed E-state index contributed by atoms with van der Waals surface area (Å²) in [6.07, 6.45) is 6.35. The van der Waals surface area contributed by atoms with Crippen LogP contribution in [0.25, 0.3) is 0 Å². The summed E-state index contributed by atoms with van der Waals surface area (Å²) in [4.78, 5) is 0. The van der Waals surface area contributed by atoms with E-state index < -0.39 is 5.79 Å². The molecule has 5 atom stereocenters. The van der Waals surface area contributed by atoms with Gasteiger partial charge in [-0.25, -0.2) is 0 Å². The summed E-state index contributed by atoms with van der Waals surface area (Å²) in [6.45, 7) is 8.99. The average molecular weight is 269 g/mol. The van der Waals surface area contributed by atoms with Gasteiger partial charge in [0.2, 0.25) is 0 Å². The van der Waals surface area contributed by atoms with Gasteiger partial charge in [0.1, 0.15) is 0 Å². The molecule has 2 aliphatic heterocycles. The second-order valence-corrected chi connectivity index (χ2v) is 7.02. The number of rotatable bonds is 3. The van der Waals surface area contributed by atoms with E-state index in [-0.39, 0.29) is 18.8 Å². The molecule has 0 aromatic rings. The molecule has 1 N–H and O–H groups in total. The van der Waals surface area contributed by atoms with Crippen LogP contribution in [0.15, 0.2) is 0 Å². The molecule has 5 unspecified atom stereocenters. The maximum Gasteiger partial charge on any atom is 0.169 e. The fourth-order valence-corrected chi connectivity index (χ4v) is 3.71. The van der Waals surface area contributed by atoms with E-state index in [2.05, 4.69) is 34.1 Å². The number of hydrogen-bond donors (Lipinski definition) is 1. The maximum atomic E-state index is 9.41. The molecule has 2 fully saturated rings. The highest BCUT2D eigenvalue weighted by atomic mass is 16.7. The normalized spacial score (nSPS) is 43.9. The van der Waals surface area contributed by atoms with Crippen LogP contribution in [0.4, 0.5) is 0 Å². The highest BCUT2D eigenvalue weighted by molar-refractivity contribution is 4.93. The number of ether oxygens (including phenoxy) is 2. The van der Waals surface area contributed by atoms with Crippen molar-refractivity contribution >= 4 is 0 Å². The van der Waals surface area contributed by atoms with Crippen LogP contribution in [0.1, 0.15) is 53.4 Å². The van der Waals surface area contributed by atoms with Crippen molar-refractivity contribution in [3.63, 3.8) is 0 Å². The van der Waals surface area contributed by atoms with Gasteiger partial charge < -0.3 is 14.6 Å². The summed E-state index contributed by atoms with van der Waals surface area (Å²) in [5.41, 5.74) is 0. The highest BCUT2D eigenvalue weighted by Gasteiger charge is 2.46. The molecule has 0 aliphatic carbocycles. The summed E-state index contributed by atoms with van der Waals surface area (Å²) >= 11 is 0. The summed E-state index contributed by atoms with van der Waals surface area (Å²) in [7, 11) is 0. The van der Waals surface area contributed by atoms with E-state index in [0.717, 1.165) is 25.7 Å². The first-order valence-corrected chi connectivity index (χ1v) is 7.74. The third kappa shape index (κ3) is 3.93. The number of aliphatic hydroxyl groups excluding tert-OH is 1. The van der Waals surface area contributed by atoms with Gasteiger partial charge in [-0.05, 0) is 37.0 Å². The number of hydrogen-bond acceptors (Lipinski definition) is 3. The molecule has 0 bridgehead atoms. The topological polar surface area (TPSA) is 38.7 Å². The van der Waals surface area contributed by atoms with Crippen LogP contribution in [0.5, 0.6) is 0 Å². The predicted molar refractivity (Wildman–Crippen MR) is 75.5 cm³/mol. The maximum absolute atomic E-state index is 9.41. The molecule has 3 heteroatoms. The van der Waals surface area contributed by atoms with Gasteiger partial charge in [0.15, 0.2) is 5.79 Å². The van der Waals surface area contributed by atoms with Gasteiger partial charge in [-0.15, -0.1) is 0 Å². The van der Waals surface area contributed by atoms with Crippen molar-refractivity contribution < 1.29 is 14.6 Å². The van der Waals surface area contributed by atoms with Crippen molar-refractivity contribution in [2.75, 3.05) is 6.61 Å². The second-order valence-electron chi connectivity index (χ2n) is 7.02. The number of aliphatic hydroxyl groups is 1.